The number of amides is 3. The minimum absolute atomic E-state index is 0.113. The summed E-state index contributed by atoms with van der Waals surface area (Å²) < 4.78 is 14.5. The fourth-order valence-electron chi connectivity index (χ4n) is 4.16. The van der Waals surface area contributed by atoms with E-state index in [9.17, 15) is 14.0 Å². The first kappa shape index (κ1) is 20.0. The number of likely N-dealkylation sites (tertiary alicyclic amines) is 1. The molecular weight excluding hydrogens is 395 g/mol. The van der Waals surface area contributed by atoms with Crippen LogP contribution in [0.4, 0.5) is 9.18 Å². The third-order valence-electron chi connectivity index (χ3n) is 6.15. The number of fused-ring (bicyclic) bond motifs is 1. The zero-order chi connectivity index (χ0) is 20.6. The topological polar surface area (TPSA) is 68.4 Å². The lowest BCUT2D eigenvalue weighted by Crippen LogP contribution is -2.57. The second kappa shape index (κ2) is 7.86. The molecule has 3 amide bonds. The molecule has 0 spiro atoms. The van der Waals surface area contributed by atoms with E-state index in [1.807, 2.05) is 24.3 Å². The Kier molecular flexibility index (Phi) is 5.42. The summed E-state index contributed by atoms with van der Waals surface area (Å²) in [5.41, 5.74) is 0.166. The molecule has 1 saturated heterocycles. The molecule has 1 aliphatic heterocycles. The maximum absolute atomic E-state index is 14.5. The highest BCUT2D eigenvalue weighted by Crippen LogP contribution is 2.38. The van der Waals surface area contributed by atoms with Crippen LogP contribution < -0.4 is 5.32 Å². The zero-order valence-electron chi connectivity index (χ0n) is 16.5. The van der Waals surface area contributed by atoms with Crippen molar-refractivity contribution in [3.05, 3.63) is 35.0 Å². The van der Waals surface area contributed by atoms with E-state index in [0.717, 1.165) is 35.9 Å². The molecule has 29 heavy (non-hydrogen) atoms. The summed E-state index contributed by atoms with van der Waals surface area (Å²) in [6.07, 6.45) is 2.98. The van der Waals surface area contributed by atoms with Crippen molar-refractivity contribution >= 4 is 34.4 Å². The molecule has 1 atom stereocenters. The number of likely N-dealkylation sites (N-methyl/N-ethyl adjacent to an activating group) is 1. The second-order valence-electron chi connectivity index (χ2n) is 8.16. The maximum atomic E-state index is 14.5. The van der Waals surface area contributed by atoms with Crippen LogP contribution in [0, 0.1) is 0 Å². The molecule has 1 saturated carbocycles. The first-order valence-electron chi connectivity index (χ1n) is 10.1. The zero-order valence-corrected chi connectivity index (χ0v) is 17.3. The van der Waals surface area contributed by atoms with Crippen molar-refractivity contribution in [3.63, 3.8) is 0 Å². The van der Waals surface area contributed by atoms with Gasteiger partial charge < -0.3 is 20.1 Å². The summed E-state index contributed by atoms with van der Waals surface area (Å²) in [6, 6.07) is 7.23. The Morgan fingerprint density at radius 1 is 1.34 bits per heavy atom. The molecule has 0 bridgehead atoms. The van der Waals surface area contributed by atoms with Gasteiger partial charge >= 0.3 is 6.03 Å². The number of nitrogens with one attached hydrogen (secondary N) is 2. The average molecular weight is 421 g/mol. The number of piperidine rings is 1. The minimum atomic E-state index is -1.68. The number of benzene rings is 1. The number of alkyl halides is 1. The van der Waals surface area contributed by atoms with E-state index in [4.69, 9.17) is 11.6 Å². The number of carbonyl (C=O) groups excluding carboxylic acids is 2. The van der Waals surface area contributed by atoms with E-state index in [1.165, 1.54) is 0 Å². The Labute approximate surface area is 174 Å². The van der Waals surface area contributed by atoms with Crippen LogP contribution in [0.25, 0.3) is 10.9 Å². The molecule has 2 N–H and O–H groups in total. The molecule has 156 valence electrons. The highest BCUT2D eigenvalue weighted by molar-refractivity contribution is 6.31. The fraction of sp³-hybridized carbons (Fsp3) is 0.524. The minimum Gasteiger partial charge on any atom is -0.357 e. The van der Waals surface area contributed by atoms with E-state index >= 15 is 0 Å². The van der Waals surface area contributed by atoms with Gasteiger partial charge in [-0.3, -0.25) is 4.79 Å². The SMILES string of the molecule is CN(C(=O)NCc1cc2cc(Cl)ccc2[nH]1)[C@@H]1CCCN(C(=O)C2(F)CCC2)C1. The number of rotatable bonds is 4. The van der Waals surface area contributed by atoms with Gasteiger partial charge in [-0.15, -0.1) is 0 Å². The molecule has 0 radical (unpaired) electrons. The summed E-state index contributed by atoms with van der Waals surface area (Å²) in [4.78, 5) is 31.6. The van der Waals surface area contributed by atoms with Gasteiger partial charge in [0.25, 0.3) is 5.91 Å². The highest BCUT2D eigenvalue weighted by atomic mass is 35.5. The molecular formula is C21H26ClFN4O2. The number of aromatic amines is 1. The molecule has 1 aromatic heterocycles. The Bertz CT molecular complexity index is 927. The third kappa shape index (κ3) is 4.06. The third-order valence-corrected chi connectivity index (χ3v) is 6.38. The van der Waals surface area contributed by atoms with Crippen molar-refractivity contribution in [1.82, 2.24) is 20.1 Å². The lowest BCUT2D eigenvalue weighted by Gasteiger charge is -2.42. The molecule has 2 aromatic rings. The normalized spacial score (nSPS) is 20.9. The molecule has 4 rings (SSSR count). The van der Waals surface area contributed by atoms with Crippen molar-refractivity contribution in [2.24, 2.45) is 0 Å². The predicted octanol–water partition coefficient (Wildman–Crippen LogP) is 3.85. The first-order chi connectivity index (χ1) is 13.9. The predicted molar refractivity (Wildman–Crippen MR) is 111 cm³/mol. The number of carbonyl (C=O) groups is 2. The molecule has 1 aromatic carbocycles. The first-order valence-corrected chi connectivity index (χ1v) is 10.5. The number of nitrogens with zero attached hydrogens (tertiary/aromatic N) is 2. The van der Waals surface area contributed by atoms with Gasteiger partial charge in [-0.2, -0.15) is 0 Å². The highest BCUT2D eigenvalue weighted by Gasteiger charge is 2.47. The standard InChI is InChI=1S/C21H26ClFN4O2/c1-26(17-4-2-9-27(13-17)19(28)21(23)7-3-8-21)20(29)24-12-16-11-14-10-15(22)5-6-18(14)25-16/h5-6,10-11,17,25H,2-4,7-9,12-13H2,1H3,(H,24,29)/t17-/m1/s1. The van der Waals surface area contributed by atoms with Crippen molar-refractivity contribution in [2.75, 3.05) is 20.1 Å². The Balaban J connectivity index is 1.33. The summed E-state index contributed by atoms with van der Waals surface area (Å²) >= 11 is 6.02. The number of halogens is 2. The summed E-state index contributed by atoms with van der Waals surface area (Å²) in [5, 5.41) is 4.57. The van der Waals surface area contributed by atoms with E-state index in [2.05, 4.69) is 10.3 Å². The summed E-state index contributed by atoms with van der Waals surface area (Å²) in [6.45, 7) is 1.31. The van der Waals surface area contributed by atoms with Crippen LogP contribution in [0.5, 0.6) is 0 Å². The quantitative estimate of drug-likeness (QED) is 0.788. The van der Waals surface area contributed by atoms with Gasteiger partial charge in [0.1, 0.15) is 0 Å². The van der Waals surface area contributed by atoms with Gasteiger partial charge in [0, 0.05) is 41.8 Å². The van der Waals surface area contributed by atoms with Gasteiger partial charge in [-0.25, -0.2) is 9.18 Å². The van der Waals surface area contributed by atoms with E-state index in [-0.39, 0.29) is 12.1 Å². The van der Waals surface area contributed by atoms with Crippen LogP contribution in [0.15, 0.2) is 24.3 Å². The smallest absolute Gasteiger partial charge is 0.317 e. The molecule has 8 heteroatoms. The maximum Gasteiger partial charge on any atom is 0.317 e. The van der Waals surface area contributed by atoms with Crippen LogP contribution in [0.1, 0.15) is 37.8 Å². The van der Waals surface area contributed by atoms with Crippen molar-refractivity contribution in [1.29, 1.82) is 0 Å². The second-order valence-corrected chi connectivity index (χ2v) is 8.60. The van der Waals surface area contributed by atoms with Gasteiger partial charge in [0.2, 0.25) is 0 Å². The van der Waals surface area contributed by atoms with Gasteiger partial charge in [0.05, 0.1) is 12.6 Å². The Morgan fingerprint density at radius 3 is 2.86 bits per heavy atom. The Hall–Kier alpha value is -2.28. The summed E-state index contributed by atoms with van der Waals surface area (Å²) in [7, 11) is 1.73. The van der Waals surface area contributed by atoms with Crippen molar-refractivity contribution in [2.45, 2.75) is 50.4 Å². The Morgan fingerprint density at radius 2 is 2.14 bits per heavy atom. The largest absolute Gasteiger partial charge is 0.357 e. The van der Waals surface area contributed by atoms with Gasteiger partial charge in [-0.1, -0.05) is 11.6 Å². The van der Waals surface area contributed by atoms with Crippen LogP contribution >= 0.6 is 11.6 Å². The van der Waals surface area contributed by atoms with Crippen LogP contribution in [0.3, 0.4) is 0 Å². The molecule has 1 aliphatic carbocycles. The monoisotopic (exact) mass is 420 g/mol. The molecule has 2 heterocycles. The molecule has 6 nitrogen and oxygen atoms in total. The van der Waals surface area contributed by atoms with Crippen molar-refractivity contribution in [3.8, 4) is 0 Å². The average Bonchev–Trinajstić information content (AvgIpc) is 3.11. The van der Waals surface area contributed by atoms with Crippen LogP contribution in [-0.4, -0.2) is 58.6 Å². The summed E-state index contributed by atoms with van der Waals surface area (Å²) in [5.74, 6) is -0.404. The molecule has 2 fully saturated rings. The lowest BCUT2D eigenvalue weighted by atomic mass is 9.80. The number of hydrogen-bond donors (Lipinski definition) is 2. The lowest BCUT2D eigenvalue weighted by molar-refractivity contribution is -0.151. The number of H-pyrrole nitrogens is 1. The van der Waals surface area contributed by atoms with Crippen LogP contribution in [-0.2, 0) is 11.3 Å². The van der Waals surface area contributed by atoms with E-state index in [0.29, 0.717) is 37.5 Å². The fourth-order valence-corrected chi connectivity index (χ4v) is 4.34. The number of hydrogen-bond acceptors (Lipinski definition) is 2. The van der Waals surface area contributed by atoms with Gasteiger partial charge in [0.15, 0.2) is 5.67 Å². The number of aromatic nitrogens is 1. The molecule has 2 aliphatic rings. The number of urea groups is 1. The molecule has 0 unspecified atom stereocenters. The van der Waals surface area contributed by atoms with E-state index in [1.54, 1.807) is 16.8 Å². The van der Waals surface area contributed by atoms with Gasteiger partial charge in [-0.05, 0) is 56.4 Å². The van der Waals surface area contributed by atoms with Crippen LogP contribution in [0.2, 0.25) is 5.02 Å². The van der Waals surface area contributed by atoms with E-state index < -0.39 is 11.6 Å². The van der Waals surface area contributed by atoms with Crippen molar-refractivity contribution < 1.29 is 14.0 Å².